The van der Waals surface area contributed by atoms with Crippen molar-refractivity contribution in [2.24, 2.45) is 0 Å². The molecule has 1 aliphatic rings. The third-order valence-corrected chi connectivity index (χ3v) is 3.06. The fourth-order valence-electron chi connectivity index (χ4n) is 2.06. The van der Waals surface area contributed by atoms with Crippen molar-refractivity contribution < 1.29 is 0 Å². The van der Waals surface area contributed by atoms with E-state index in [0.717, 1.165) is 6.54 Å². The zero-order valence-corrected chi connectivity index (χ0v) is 9.66. The summed E-state index contributed by atoms with van der Waals surface area (Å²) in [6.45, 7) is 5.59. The van der Waals surface area contributed by atoms with Gasteiger partial charge in [-0.25, -0.2) is 0 Å². The summed E-state index contributed by atoms with van der Waals surface area (Å²) in [5, 5.41) is 3.57. The van der Waals surface area contributed by atoms with Crippen LogP contribution in [0.2, 0.25) is 0 Å². The van der Waals surface area contributed by atoms with E-state index in [0.29, 0.717) is 0 Å². The van der Waals surface area contributed by atoms with Crippen molar-refractivity contribution >= 4 is 12.4 Å². The van der Waals surface area contributed by atoms with Crippen molar-refractivity contribution in [1.29, 1.82) is 0 Å². The Morgan fingerprint density at radius 2 is 1.86 bits per heavy atom. The molecule has 78 valence electrons. The van der Waals surface area contributed by atoms with E-state index in [-0.39, 0.29) is 17.9 Å². The largest absolute Gasteiger partial charge is 0.308 e. The Balaban J connectivity index is 0.000000980. The van der Waals surface area contributed by atoms with Gasteiger partial charge in [-0.15, -0.1) is 12.4 Å². The van der Waals surface area contributed by atoms with Crippen LogP contribution in [0.4, 0.5) is 0 Å². The topological polar surface area (TPSA) is 12.0 Å². The first-order valence-corrected chi connectivity index (χ1v) is 5.03. The van der Waals surface area contributed by atoms with Crippen molar-refractivity contribution in [2.75, 3.05) is 6.54 Å². The molecule has 1 aromatic carbocycles. The molecule has 1 nitrogen and oxygen atoms in total. The number of benzene rings is 1. The summed E-state index contributed by atoms with van der Waals surface area (Å²) in [6, 6.07) is 8.88. The van der Waals surface area contributed by atoms with E-state index in [4.69, 9.17) is 0 Å². The maximum absolute atomic E-state index is 3.57. The third kappa shape index (κ3) is 2.10. The molecule has 2 rings (SSSR count). The predicted octanol–water partition coefficient (Wildman–Crippen LogP) is 3.02. The third-order valence-electron chi connectivity index (χ3n) is 3.06. The van der Waals surface area contributed by atoms with Gasteiger partial charge in [-0.2, -0.15) is 0 Å². The van der Waals surface area contributed by atoms with Gasteiger partial charge in [-0.1, -0.05) is 29.8 Å². The number of aryl methyl sites for hydroxylation is 1. The molecule has 1 saturated heterocycles. The second-order valence-corrected chi connectivity index (χ2v) is 4.23. The fraction of sp³-hybridized carbons (Fsp3) is 0.500. The minimum Gasteiger partial charge on any atom is -0.308 e. The van der Waals surface area contributed by atoms with E-state index in [1.165, 1.54) is 24.0 Å². The Labute approximate surface area is 92.3 Å². The summed E-state index contributed by atoms with van der Waals surface area (Å²) in [5.74, 6) is 0. The number of halogens is 1. The Hall–Kier alpha value is -0.530. The molecule has 2 heteroatoms. The van der Waals surface area contributed by atoms with Gasteiger partial charge in [0.25, 0.3) is 0 Å². The molecule has 0 amide bonds. The molecule has 0 bridgehead atoms. The first-order valence-electron chi connectivity index (χ1n) is 5.03. The lowest BCUT2D eigenvalue weighted by Gasteiger charge is -2.25. The van der Waals surface area contributed by atoms with E-state index in [1.54, 1.807) is 0 Å². The van der Waals surface area contributed by atoms with E-state index >= 15 is 0 Å². The zero-order chi connectivity index (χ0) is 9.31. The molecule has 1 unspecified atom stereocenters. The minimum absolute atomic E-state index is 0. The van der Waals surface area contributed by atoms with Crippen LogP contribution in [0.5, 0.6) is 0 Å². The van der Waals surface area contributed by atoms with Gasteiger partial charge >= 0.3 is 0 Å². The van der Waals surface area contributed by atoms with Gasteiger partial charge in [0.15, 0.2) is 0 Å². The quantitative estimate of drug-likeness (QED) is 0.753. The SMILES string of the molecule is Cc1ccc(C2(C)CCCN2)cc1.Cl. The van der Waals surface area contributed by atoms with Crippen molar-refractivity contribution in [3.63, 3.8) is 0 Å². The van der Waals surface area contributed by atoms with Crippen molar-refractivity contribution in [2.45, 2.75) is 32.2 Å². The highest BCUT2D eigenvalue weighted by Crippen LogP contribution is 2.29. The summed E-state index contributed by atoms with van der Waals surface area (Å²) in [5.41, 5.74) is 2.99. The first-order chi connectivity index (χ1) is 6.21. The number of rotatable bonds is 1. The standard InChI is InChI=1S/C12H17N.ClH/c1-10-4-6-11(7-5-10)12(2)8-3-9-13-12;/h4-7,13H,3,8-9H2,1-2H3;1H. The van der Waals surface area contributed by atoms with E-state index in [9.17, 15) is 0 Å². The zero-order valence-electron chi connectivity index (χ0n) is 8.84. The first kappa shape index (κ1) is 11.5. The summed E-state index contributed by atoms with van der Waals surface area (Å²) in [7, 11) is 0. The lowest BCUT2D eigenvalue weighted by molar-refractivity contribution is 0.435. The Morgan fingerprint density at radius 3 is 2.36 bits per heavy atom. The minimum atomic E-state index is 0. The molecule has 1 atom stereocenters. The summed E-state index contributed by atoms with van der Waals surface area (Å²) in [6.07, 6.45) is 2.56. The van der Waals surface area contributed by atoms with Gasteiger partial charge in [0, 0.05) is 5.54 Å². The van der Waals surface area contributed by atoms with Gasteiger partial charge < -0.3 is 5.32 Å². The van der Waals surface area contributed by atoms with Crippen molar-refractivity contribution in [1.82, 2.24) is 5.32 Å². The van der Waals surface area contributed by atoms with Crippen molar-refractivity contribution in [3.05, 3.63) is 35.4 Å². The van der Waals surface area contributed by atoms with Crippen LogP contribution in [0, 0.1) is 6.92 Å². The average Bonchev–Trinajstić information content (AvgIpc) is 2.54. The van der Waals surface area contributed by atoms with Gasteiger partial charge in [-0.3, -0.25) is 0 Å². The highest BCUT2D eigenvalue weighted by molar-refractivity contribution is 5.85. The fourth-order valence-corrected chi connectivity index (χ4v) is 2.06. The summed E-state index contributed by atoms with van der Waals surface area (Å²) in [4.78, 5) is 0. The molecule has 0 aromatic heterocycles. The Morgan fingerprint density at radius 1 is 1.21 bits per heavy atom. The van der Waals surface area contributed by atoms with Gasteiger partial charge in [-0.05, 0) is 38.8 Å². The molecule has 1 N–H and O–H groups in total. The van der Waals surface area contributed by atoms with Gasteiger partial charge in [0.1, 0.15) is 0 Å². The highest BCUT2D eigenvalue weighted by Gasteiger charge is 2.29. The highest BCUT2D eigenvalue weighted by atomic mass is 35.5. The molecular formula is C12H18ClN. The molecule has 14 heavy (non-hydrogen) atoms. The van der Waals surface area contributed by atoms with Crippen LogP contribution in [-0.4, -0.2) is 6.54 Å². The second kappa shape index (κ2) is 4.33. The normalized spacial score (nSPS) is 25.9. The predicted molar refractivity (Wildman–Crippen MR) is 63.0 cm³/mol. The van der Waals surface area contributed by atoms with Crippen LogP contribution < -0.4 is 5.32 Å². The van der Waals surface area contributed by atoms with Crippen LogP contribution >= 0.6 is 12.4 Å². The summed E-state index contributed by atoms with van der Waals surface area (Å²) >= 11 is 0. The Bertz CT molecular complexity index is 286. The second-order valence-electron chi connectivity index (χ2n) is 4.23. The van der Waals surface area contributed by atoms with E-state index in [1.807, 2.05) is 0 Å². The van der Waals surface area contributed by atoms with Crippen molar-refractivity contribution in [3.8, 4) is 0 Å². The monoisotopic (exact) mass is 211 g/mol. The van der Waals surface area contributed by atoms with Crippen LogP contribution in [-0.2, 0) is 5.54 Å². The molecule has 1 aliphatic heterocycles. The lowest BCUT2D eigenvalue weighted by atomic mass is 9.90. The molecule has 0 saturated carbocycles. The van der Waals surface area contributed by atoms with Crippen LogP contribution in [0.3, 0.4) is 0 Å². The molecule has 0 spiro atoms. The van der Waals surface area contributed by atoms with E-state index < -0.39 is 0 Å². The number of nitrogens with one attached hydrogen (secondary N) is 1. The maximum atomic E-state index is 3.57. The molecule has 1 fully saturated rings. The molecule has 0 radical (unpaired) electrons. The average molecular weight is 212 g/mol. The maximum Gasteiger partial charge on any atom is 0.0406 e. The molecule has 0 aliphatic carbocycles. The number of hydrogen-bond acceptors (Lipinski definition) is 1. The lowest BCUT2D eigenvalue weighted by Crippen LogP contribution is -2.32. The van der Waals surface area contributed by atoms with E-state index in [2.05, 4.69) is 43.4 Å². The van der Waals surface area contributed by atoms with Crippen LogP contribution in [0.1, 0.15) is 30.9 Å². The molecular weight excluding hydrogens is 194 g/mol. The smallest absolute Gasteiger partial charge is 0.0406 e. The van der Waals surface area contributed by atoms with Gasteiger partial charge in [0.2, 0.25) is 0 Å². The van der Waals surface area contributed by atoms with Crippen LogP contribution in [0.25, 0.3) is 0 Å². The molecule has 1 heterocycles. The van der Waals surface area contributed by atoms with Crippen LogP contribution in [0.15, 0.2) is 24.3 Å². The molecule has 1 aromatic rings. The number of hydrogen-bond donors (Lipinski definition) is 1. The van der Waals surface area contributed by atoms with Gasteiger partial charge in [0.05, 0.1) is 0 Å². The summed E-state index contributed by atoms with van der Waals surface area (Å²) < 4.78 is 0. The Kier molecular flexibility index (Phi) is 3.57.